The third kappa shape index (κ3) is 4.24. The SMILES string of the molecule is C=CCN(C(=O)CSc1nc(C)cc(C)c1C#N)c1ccccc1. The molecule has 0 aliphatic rings. The molecule has 1 heterocycles. The number of nitriles is 1. The first-order valence-corrected chi connectivity index (χ1v) is 8.52. The summed E-state index contributed by atoms with van der Waals surface area (Å²) < 4.78 is 0. The van der Waals surface area contributed by atoms with E-state index in [4.69, 9.17) is 0 Å². The van der Waals surface area contributed by atoms with Crippen LogP contribution in [-0.2, 0) is 4.79 Å². The Morgan fingerprint density at radius 2 is 2.08 bits per heavy atom. The second kappa shape index (κ2) is 8.32. The van der Waals surface area contributed by atoms with E-state index in [9.17, 15) is 10.1 Å². The van der Waals surface area contributed by atoms with Crippen molar-refractivity contribution in [2.24, 2.45) is 0 Å². The van der Waals surface area contributed by atoms with Crippen LogP contribution >= 0.6 is 11.8 Å². The molecule has 1 amide bonds. The van der Waals surface area contributed by atoms with Crippen molar-refractivity contribution in [3.8, 4) is 6.07 Å². The largest absolute Gasteiger partial charge is 0.308 e. The molecule has 2 aromatic rings. The van der Waals surface area contributed by atoms with Gasteiger partial charge in [0.25, 0.3) is 0 Å². The number of amides is 1. The summed E-state index contributed by atoms with van der Waals surface area (Å²) in [6.45, 7) is 7.93. The number of hydrogen-bond acceptors (Lipinski definition) is 4. The Morgan fingerprint density at radius 3 is 2.71 bits per heavy atom. The van der Waals surface area contributed by atoms with Gasteiger partial charge in [-0.05, 0) is 37.6 Å². The number of rotatable bonds is 6. The summed E-state index contributed by atoms with van der Waals surface area (Å²) in [6.07, 6.45) is 1.70. The number of hydrogen-bond donors (Lipinski definition) is 0. The van der Waals surface area contributed by atoms with Gasteiger partial charge >= 0.3 is 0 Å². The average Bonchev–Trinajstić information content (AvgIpc) is 2.58. The molecular weight excluding hydrogens is 318 g/mol. The second-order valence-corrected chi connectivity index (χ2v) is 6.25. The number of nitrogens with zero attached hydrogens (tertiary/aromatic N) is 3. The minimum atomic E-state index is -0.0454. The van der Waals surface area contributed by atoms with Gasteiger partial charge in [-0.1, -0.05) is 36.0 Å². The Kier molecular flexibility index (Phi) is 6.16. The maximum atomic E-state index is 12.6. The molecule has 0 aliphatic carbocycles. The summed E-state index contributed by atoms with van der Waals surface area (Å²) in [5.41, 5.74) is 3.09. The number of anilines is 1. The van der Waals surface area contributed by atoms with Crippen LogP contribution in [0.15, 0.2) is 54.1 Å². The van der Waals surface area contributed by atoms with Gasteiger partial charge in [-0.3, -0.25) is 4.79 Å². The summed E-state index contributed by atoms with van der Waals surface area (Å²) in [7, 11) is 0. The highest BCUT2D eigenvalue weighted by atomic mass is 32.2. The molecule has 0 radical (unpaired) electrons. The van der Waals surface area contributed by atoms with Gasteiger partial charge < -0.3 is 4.90 Å². The lowest BCUT2D eigenvalue weighted by Crippen LogP contribution is -2.32. The molecule has 0 saturated carbocycles. The fourth-order valence-electron chi connectivity index (χ4n) is 2.34. The lowest BCUT2D eigenvalue weighted by molar-refractivity contribution is -0.116. The third-order valence-electron chi connectivity index (χ3n) is 3.44. The van der Waals surface area contributed by atoms with E-state index < -0.39 is 0 Å². The van der Waals surface area contributed by atoms with Crippen molar-refractivity contribution in [2.45, 2.75) is 18.9 Å². The van der Waals surface area contributed by atoms with Gasteiger partial charge in [0.1, 0.15) is 11.1 Å². The monoisotopic (exact) mass is 337 g/mol. The van der Waals surface area contributed by atoms with E-state index >= 15 is 0 Å². The van der Waals surface area contributed by atoms with Crippen LogP contribution in [0.3, 0.4) is 0 Å². The Balaban J connectivity index is 2.17. The Bertz CT molecular complexity index is 781. The molecule has 0 aliphatic heterocycles. The first kappa shape index (κ1) is 17.8. The minimum absolute atomic E-state index is 0.0454. The van der Waals surface area contributed by atoms with Crippen molar-refractivity contribution in [2.75, 3.05) is 17.2 Å². The van der Waals surface area contributed by atoms with Gasteiger partial charge in [0, 0.05) is 17.9 Å². The highest BCUT2D eigenvalue weighted by Gasteiger charge is 2.17. The van der Waals surface area contributed by atoms with E-state index in [0.29, 0.717) is 17.1 Å². The number of aryl methyl sites for hydroxylation is 2. The van der Waals surface area contributed by atoms with Gasteiger partial charge in [-0.15, -0.1) is 6.58 Å². The zero-order valence-electron chi connectivity index (χ0n) is 13.8. The smallest absolute Gasteiger partial charge is 0.237 e. The Labute approximate surface area is 146 Å². The topological polar surface area (TPSA) is 57.0 Å². The summed E-state index contributed by atoms with van der Waals surface area (Å²) >= 11 is 1.30. The molecule has 1 aromatic heterocycles. The van der Waals surface area contributed by atoms with E-state index in [0.717, 1.165) is 16.9 Å². The van der Waals surface area contributed by atoms with Crippen molar-refractivity contribution in [3.63, 3.8) is 0 Å². The van der Waals surface area contributed by atoms with Crippen molar-refractivity contribution in [3.05, 3.63) is 65.9 Å². The molecule has 0 bridgehead atoms. The Hall–Kier alpha value is -2.58. The molecule has 0 atom stereocenters. The highest BCUT2D eigenvalue weighted by molar-refractivity contribution is 8.00. The minimum Gasteiger partial charge on any atom is -0.308 e. The summed E-state index contributed by atoms with van der Waals surface area (Å²) in [6, 6.07) is 13.5. The van der Waals surface area contributed by atoms with Crippen LogP contribution in [0.4, 0.5) is 5.69 Å². The van der Waals surface area contributed by atoms with Crippen LogP contribution in [0.2, 0.25) is 0 Å². The first-order valence-electron chi connectivity index (χ1n) is 7.54. The molecule has 1 aromatic carbocycles. The molecule has 0 fully saturated rings. The normalized spacial score (nSPS) is 10.0. The maximum Gasteiger partial charge on any atom is 0.237 e. The fraction of sp³-hybridized carbons (Fsp3) is 0.211. The molecule has 122 valence electrons. The summed E-state index contributed by atoms with van der Waals surface area (Å²) in [4.78, 5) is 18.7. The zero-order valence-corrected chi connectivity index (χ0v) is 14.6. The van der Waals surface area contributed by atoms with Crippen molar-refractivity contribution < 1.29 is 4.79 Å². The Morgan fingerprint density at radius 1 is 1.38 bits per heavy atom. The van der Waals surface area contributed by atoms with Crippen LogP contribution in [0.1, 0.15) is 16.8 Å². The molecular formula is C19H19N3OS. The maximum absolute atomic E-state index is 12.6. The van der Waals surface area contributed by atoms with Crippen molar-refractivity contribution in [1.82, 2.24) is 4.98 Å². The standard InChI is InChI=1S/C19H19N3OS/c1-4-10-22(16-8-6-5-7-9-16)18(23)13-24-19-17(12-20)14(2)11-15(3)21-19/h4-9,11H,1,10,13H2,2-3H3. The van der Waals surface area contributed by atoms with Gasteiger partial charge in [-0.2, -0.15) is 5.26 Å². The van der Waals surface area contributed by atoms with Crippen LogP contribution in [0.5, 0.6) is 0 Å². The second-order valence-electron chi connectivity index (χ2n) is 5.29. The summed E-state index contributed by atoms with van der Waals surface area (Å²) in [5, 5.41) is 9.92. The van der Waals surface area contributed by atoms with E-state index in [1.807, 2.05) is 50.2 Å². The van der Waals surface area contributed by atoms with E-state index in [1.54, 1.807) is 11.0 Å². The van der Waals surface area contributed by atoms with Gasteiger partial charge in [0.15, 0.2) is 0 Å². The predicted molar refractivity (Wildman–Crippen MR) is 98.1 cm³/mol. The molecule has 0 saturated heterocycles. The van der Waals surface area contributed by atoms with Crippen LogP contribution in [0.25, 0.3) is 0 Å². The van der Waals surface area contributed by atoms with E-state index in [1.165, 1.54) is 11.8 Å². The fourth-order valence-corrected chi connectivity index (χ4v) is 3.31. The quantitative estimate of drug-likeness (QED) is 0.593. The molecule has 0 N–H and O–H groups in total. The highest BCUT2D eigenvalue weighted by Crippen LogP contribution is 2.24. The molecule has 0 unspecified atom stereocenters. The lowest BCUT2D eigenvalue weighted by atomic mass is 10.1. The van der Waals surface area contributed by atoms with Gasteiger partial charge in [0.05, 0.1) is 11.3 Å². The van der Waals surface area contributed by atoms with Crippen molar-refractivity contribution >= 4 is 23.4 Å². The number of thioether (sulfide) groups is 1. The number of para-hydroxylation sites is 1. The molecule has 2 rings (SSSR count). The third-order valence-corrected chi connectivity index (χ3v) is 4.40. The predicted octanol–water partition coefficient (Wildman–Crippen LogP) is 3.88. The van der Waals surface area contributed by atoms with Crippen LogP contribution < -0.4 is 4.90 Å². The number of pyridine rings is 1. The van der Waals surface area contributed by atoms with Gasteiger partial charge in [-0.25, -0.2) is 4.98 Å². The van der Waals surface area contributed by atoms with Gasteiger partial charge in [0.2, 0.25) is 5.91 Å². The molecule has 4 nitrogen and oxygen atoms in total. The number of benzene rings is 1. The number of aromatic nitrogens is 1. The van der Waals surface area contributed by atoms with E-state index in [-0.39, 0.29) is 11.7 Å². The number of carbonyl (C=O) groups is 1. The zero-order chi connectivity index (χ0) is 17.5. The van der Waals surface area contributed by atoms with Crippen LogP contribution in [0, 0.1) is 25.2 Å². The molecule has 5 heteroatoms. The first-order chi connectivity index (χ1) is 11.6. The molecule has 0 spiro atoms. The van der Waals surface area contributed by atoms with Crippen LogP contribution in [-0.4, -0.2) is 23.2 Å². The number of carbonyl (C=O) groups excluding carboxylic acids is 1. The lowest BCUT2D eigenvalue weighted by Gasteiger charge is -2.21. The van der Waals surface area contributed by atoms with Crippen molar-refractivity contribution in [1.29, 1.82) is 5.26 Å². The molecule has 24 heavy (non-hydrogen) atoms. The average molecular weight is 337 g/mol. The summed E-state index contributed by atoms with van der Waals surface area (Å²) in [5.74, 6) is 0.170. The van der Waals surface area contributed by atoms with E-state index in [2.05, 4.69) is 17.6 Å².